The topological polar surface area (TPSA) is 84.5 Å². The fourth-order valence-corrected chi connectivity index (χ4v) is 3.38. The van der Waals surface area contributed by atoms with E-state index in [2.05, 4.69) is 10.0 Å². The third-order valence-corrected chi connectivity index (χ3v) is 5.14. The first-order chi connectivity index (χ1) is 13.4. The molecule has 0 radical (unpaired) electrons. The molecule has 28 heavy (non-hydrogen) atoms. The molecule has 0 aliphatic rings. The van der Waals surface area contributed by atoms with Crippen LogP contribution in [-0.4, -0.2) is 14.5 Å². The molecule has 2 N–H and O–H groups in total. The molecule has 0 aromatic heterocycles. The minimum absolute atomic E-state index is 0.0193. The van der Waals surface area contributed by atoms with Gasteiger partial charge in [0.1, 0.15) is 11.6 Å². The Hall–Kier alpha value is -3.23. The zero-order chi connectivity index (χ0) is 20.0. The first kappa shape index (κ1) is 19.5. The van der Waals surface area contributed by atoms with Gasteiger partial charge < -0.3 is 4.74 Å². The zero-order valence-corrected chi connectivity index (χ0v) is 15.4. The Morgan fingerprint density at radius 3 is 2.32 bits per heavy atom. The quantitative estimate of drug-likeness (QED) is 0.657. The number of rotatable bonds is 6. The Morgan fingerprint density at radius 1 is 0.929 bits per heavy atom. The van der Waals surface area contributed by atoms with Crippen molar-refractivity contribution >= 4 is 21.8 Å². The van der Waals surface area contributed by atoms with Gasteiger partial charge in [-0.05, 0) is 54.1 Å². The Bertz CT molecular complexity index is 1060. The highest BCUT2D eigenvalue weighted by atomic mass is 32.2. The lowest BCUT2D eigenvalue weighted by Gasteiger charge is -2.09. The first-order valence-corrected chi connectivity index (χ1v) is 9.79. The number of anilines is 1. The van der Waals surface area contributed by atoms with E-state index in [9.17, 15) is 17.6 Å². The predicted octanol–water partition coefficient (Wildman–Crippen LogP) is 3.92. The Balaban J connectivity index is 1.60. The third-order valence-electron chi connectivity index (χ3n) is 3.72. The van der Waals surface area contributed by atoms with Crippen molar-refractivity contribution in [2.75, 3.05) is 5.32 Å². The van der Waals surface area contributed by atoms with Gasteiger partial charge in [0.05, 0.1) is 4.90 Å². The number of halogens is 1. The van der Waals surface area contributed by atoms with E-state index >= 15 is 0 Å². The molecule has 3 aromatic rings. The van der Waals surface area contributed by atoms with Crippen molar-refractivity contribution < 1.29 is 22.3 Å². The molecule has 6 nitrogen and oxygen atoms in total. The highest BCUT2D eigenvalue weighted by Gasteiger charge is 2.14. The summed E-state index contributed by atoms with van der Waals surface area (Å²) >= 11 is 0. The second-order valence-electron chi connectivity index (χ2n) is 5.81. The van der Waals surface area contributed by atoms with Gasteiger partial charge in [0.2, 0.25) is 10.0 Å². The van der Waals surface area contributed by atoms with Gasteiger partial charge >= 0.3 is 6.09 Å². The van der Waals surface area contributed by atoms with Crippen LogP contribution in [0, 0.1) is 5.82 Å². The number of carbonyl (C=O) groups excluding carboxylic acids is 1. The van der Waals surface area contributed by atoms with E-state index in [1.165, 1.54) is 42.5 Å². The van der Waals surface area contributed by atoms with E-state index in [1.54, 1.807) is 36.4 Å². The van der Waals surface area contributed by atoms with Gasteiger partial charge in [0.15, 0.2) is 0 Å². The van der Waals surface area contributed by atoms with Crippen LogP contribution in [0.2, 0.25) is 0 Å². The van der Waals surface area contributed by atoms with Crippen LogP contribution in [0.3, 0.4) is 0 Å². The summed E-state index contributed by atoms with van der Waals surface area (Å²) in [5.41, 5.74) is 0.885. The predicted molar refractivity (Wildman–Crippen MR) is 103 cm³/mol. The van der Waals surface area contributed by atoms with Crippen molar-refractivity contribution in [2.45, 2.75) is 11.4 Å². The SMILES string of the molecule is O=C(Nc1ccc(S(=O)(=O)NCc2cccc(F)c2)cc1)Oc1ccccc1. The number of nitrogens with one attached hydrogen (secondary N) is 2. The standard InChI is InChI=1S/C20H17FN2O4S/c21-16-6-4-5-15(13-16)14-22-28(25,26)19-11-9-17(10-12-19)23-20(24)27-18-7-2-1-3-8-18/h1-13,22H,14H2,(H,23,24). The summed E-state index contributed by atoms with van der Waals surface area (Å²) in [6, 6.07) is 19.8. The van der Waals surface area contributed by atoms with Crippen LogP contribution >= 0.6 is 0 Å². The molecule has 0 saturated carbocycles. The van der Waals surface area contributed by atoms with Gasteiger partial charge in [-0.3, -0.25) is 5.32 Å². The minimum atomic E-state index is -3.78. The van der Waals surface area contributed by atoms with Gasteiger partial charge in [-0.25, -0.2) is 22.3 Å². The molecular formula is C20H17FN2O4S. The van der Waals surface area contributed by atoms with Crippen molar-refractivity contribution in [2.24, 2.45) is 0 Å². The molecule has 3 rings (SSSR count). The molecular weight excluding hydrogens is 383 g/mol. The maximum atomic E-state index is 13.2. The molecule has 8 heteroatoms. The Morgan fingerprint density at radius 2 is 1.64 bits per heavy atom. The summed E-state index contributed by atoms with van der Waals surface area (Å²) in [5.74, 6) is -0.0461. The van der Waals surface area contributed by atoms with E-state index in [-0.39, 0.29) is 11.4 Å². The first-order valence-electron chi connectivity index (χ1n) is 8.30. The van der Waals surface area contributed by atoms with Crippen molar-refractivity contribution in [3.8, 4) is 5.75 Å². The largest absolute Gasteiger partial charge is 0.417 e. The van der Waals surface area contributed by atoms with Crippen LogP contribution in [0.25, 0.3) is 0 Å². The van der Waals surface area contributed by atoms with Gasteiger partial charge in [-0.1, -0.05) is 30.3 Å². The number of sulfonamides is 1. The normalized spacial score (nSPS) is 11.0. The van der Waals surface area contributed by atoms with E-state index < -0.39 is 21.9 Å². The van der Waals surface area contributed by atoms with Crippen LogP contribution in [0.4, 0.5) is 14.9 Å². The average Bonchev–Trinajstić information content (AvgIpc) is 2.68. The summed E-state index contributed by atoms with van der Waals surface area (Å²) in [4.78, 5) is 11.9. The summed E-state index contributed by atoms with van der Waals surface area (Å²) in [6.45, 7) is -0.0382. The molecule has 0 saturated heterocycles. The molecule has 0 heterocycles. The lowest BCUT2D eigenvalue weighted by molar-refractivity contribution is 0.215. The maximum Gasteiger partial charge on any atom is 0.417 e. The second-order valence-corrected chi connectivity index (χ2v) is 7.57. The van der Waals surface area contributed by atoms with Gasteiger partial charge in [0, 0.05) is 12.2 Å². The Labute approximate surface area is 162 Å². The summed E-state index contributed by atoms with van der Waals surface area (Å²) in [5, 5.41) is 2.52. The molecule has 0 spiro atoms. The lowest BCUT2D eigenvalue weighted by atomic mass is 10.2. The van der Waals surface area contributed by atoms with Crippen molar-refractivity contribution in [1.29, 1.82) is 0 Å². The zero-order valence-electron chi connectivity index (χ0n) is 14.6. The highest BCUT2D eigenvalue weighted by molar-refractivity contribution is 7.89. The number of carbonyl (C=O) groups is 1. The van der Waals surface area contributed by atoms with Crippen molar-refractivity contribution in [1.82, 2.24) is 4.72 Å². The van der Waals surface area contributed by atoms with Crippen molar-refractivity contribution in [3.05, 3.63) is 90.2 Å². The third kappa shape index (κ3) is 5.38. The smallest absolute Gasteiger partial charge is 0.410 e. The Kier molecular flexibility index (Phi) is 6.03. The average molecular weight is 400 g/mol. The van der Waals surface area contributed by atoms with Crippen LogP contribution in [0.15, 0.2) is 83.8 Å². The van der Waals surface area contributed by atoms with Gasteiger partial charge in [0.25, 0.3) is 0 Å². The van der Waals surface area contributed by atoms with E-state index in [0.717, 1.165) is 0 Å². The molecule has 0 unspecified atom stereocenters. The van der Waals surface area contributed by atoms with Gasteiger partial charge in [-0.2, -0.15) is 0 Å². The number of para-hydroxylation sites is 1. The monoisotopic (exact) mass is 400 g/mol. The molecule has 144 valence electrons. The fraction of sp³-hybridized carbons (Fsp3) is 0.0500. The number of hydrogen-bond acceptors (Lipinski definition) is 4. The molecule has 0 fully saturated rings. The lowest BCUT2D eigenvalue weighted by Crippen LogP contribution is -2.23. The van der Waals surface area contributed by atoms with E-state index in [0.29, 0.717) is 17.0 Å². The number of hydrogen-bond donors (Lipinski definition) is 2. The highest BCUT2D eigenvalue weighted by Crippen LogP contribution is 2.16. The molecule has 0 aliphatic heterocycles. The van der Waals surface area contributed by atoms with Crippen LogP contribution in [0.5, 0.6) is 5.75 Å². The summed E-state index contributed by atoms with van der Waals surface area (Å²) in [7, 11) is -3.78. The summed E-state index contributed by atoms with van der Waals surface area (Å²) in [6.07, 6.45) is -0.689. The van der Waals surface area contributed by atoms with Crippen molar-refractivity contribution in [3.63, 3.8) is 0 Å². The van der Waals surface area contributed by atoms with Gasteiger partial charge in [-0.15, -0.1) is 0 Å². The summed E-state index contributed by atoms with van der Waals surface area (Å²) < 4.78 is 45.4. The molecule has 0 atom stereocenters. The number of benzene rings is 3. The fourth-order valence-electron chi connectivity index (χ4n) is 2.36. The number of amides is 1. The molecule has 3 aromatic carbocycles. The number of ether oxygens (including phenoxy) is 1. The van der Waals surface area contributed by atoms with Crippen LogP contribution in [0.1, 0.15) is 5.56 Å². The molecule has 0 aliphatic carbocycles. The van der Waals surface area contributed by atoms with Crippen LogP contribution in [-0.2, 0) is 16.6 Å². The second kappa shape index (κ2) is 8.64. The molecule has 0 bridgehead atoms. The van der Waals surface area contributed by atoms with E-state index in [1.807, 2.05) is 0 Å². The molecule has 1 amide bonds. The minimum Gasteiger partial charge on any atom is -0.410 e. The van der Waals surface area contributed by atoms with E-state index in [4.69, 9.17) is 4.74 Å². The maximum absolute atomic E-state index is 13.2. The van der Waals surface area contributed by atoms with Crippen LogP contribution < -0.4 is 14.8 Å².